The third-order valence-corrected chi connectivity index (χ3v) is 4.11. The van der Waals surface area contributed by atoms with Crippen LogP contribution in [0.1, 0.15) is 41.8 Å². The highest BCUT2D eigenvalue weighted by atomic mass is 16.2. The molecule has 0 heterocycles. The van der Waals surface area contributed by atoms with Crippen LogP contribution in [0.5, 0.6) is 0 Å². The lowest BCUT2D eigenvalue weighted by atomic mass is 10.0. The van der Waals surface area contributed by atoms with Crippen LogP contribution in [-0.2, 0) is 0 Å². The summed E-state index contributed by atoms with van der Waals surface area (Å²) < 4.78 is 0. The van der Waals surface area contributed by atoms with Gasteiger partial charge in [-0.3, -0.25) is 4.79 Å². The number of aliphatic hydroxyl groups is 1. The third kappa shape index (κ3) is 3.20. The summed E-state index contributed by atoms with van der Waals surface area (Å²) >= 11 is 0. The van der Waals surface area contributed by atoms with Gasteiger partial charge in [0.25, 0.3) is 5.91 Å². The molecule has 106 valence electrons. The molecule has 1 amide bonds. The van der Waals surface area contributed by atoms with E-state index in [2.05, 4.69) is 31.0 Å². The molecule has 0 bridgehead atoms. The second kappa shape index (κ2) is 5.68. The van der Waals surface area contributed by atoms with Gasteiger partial charge in [0.2, 0.25) is 0 Å². The zero-order valence-corrected chi connectivity index (χ0v) is 12.3. The van der Waals surface area contributed by atoms with Gasteiger partial charge in [-0.2, -0.15) is 0 Å². The van der Waals surface area contributed by atoms with E-state index in [-0.39, 0.29) is 12.5 Å². The van der Waals surface area contributed by atoms with E-state index in [0.29, 0.717) is 16.9 Å². The minimum atomic E-state index is -0.174. The molecule has 2 rings (SSSR count). The van der Waals surface area contributed by atoms with Gasteiger partial charge in [-0.25, -0.2) is 0 Å². The Morgan fingerprint density at radius 3 is 2.80 bits per heavy atom. The lowest BCUT2D eigenvalue weighted by Gasteiger charge is -2.09. The SMILES string of the molecule is Cc1c(C#CCO)cccc1C(=O)NCC1CC1(C)C. The molecule has 3 nitrogen and oxygen atoms in total. The fourth-order valence-corrected chi connectivity index (χ4v) is 2.39. The lowest BCUT2D eigenvalue weighted by molar-refractivity contribution is 0.0950. The number of carbonyl (C=O) groups excluding carboxylic acids is 1. The fourth-order valence-electron chi connectivity index (χ4n) is 2.39. The van der Waals surface area contributed by atoms with Crippen molar-refractivity contribution in [1.29, 1.82) is 0 Å². The van der Waals surface area contributed by atoms with E-state index in [1.54, 1.807) is 0 Å². The van der Waals surface area contributed by atoms with Gasteiger partial charge >= 0.3 is 0 Å². The Bertz CT molecular complexity index is 578. The molecule has 20 heavy (non-hydrogen) atoms. The van der Waals surface area contributed by atoms with Crippen LogP contribution in [0.3, 0.4) is 0 Å². The van der Waals surface area contributed by atoms with Gasteiger partial charge in [-0.1, -0.05) is 31.8 Å². The molecule has 0 radical (unpaired) electrons. The van der Waals surface area contributed by atoms with Crippen LogP contribution < -0.4 is 5.32 Å². The van der Waals surface area contributed by atoms with Crippen molar-refractivity contribution < 1.29 is 9.90 Å². The minimum absolute atomic E-state index is 0.0437. The van der Waals surface area contributed by atoms with Gasteiger partial charge in [0.05, 0.1) is 0 Å². The first-order valence-corrected chi connectivity index (χ1v) is 6.93. The van der Waals surface area contributed by atoms with Crippen molar-refractivity contribution in [2.75, 3.05) is 13.2 Å². The standard InChI is InChI=1S/C17H21NO2/c1-12-13(7-5-9-19)6-4-8-15(12)16(20)18-11-14-10-17(14,2)3/h4,6,8,14,19H,9-11H2,1-3H3,(H,18,20). The van der Waals surface area contributed by atoms with Crippen molar-refractivity contribution in [2.45, 2.75) is 27.2 Å². The molecule has 0 aromatic heterocycles. The van der Waals surface area contributed by atoms with E-state index in [1.165, 1.54) is 6.42 Å². The average Bonchev–Trinajstić information content (AvgIpc) is 3.02. The topological polar surface area (TPSA) is 49.3 Å². The second-order valence-corrected chi connectivity index (χ2v) is 6.04. The second-order valence-electron chi connectivity index (χ2n) is 6.04. The first kappa shape index (κ1) is 14.6. The maximum absolute atomic E-state index is 12.2. The first-order chi connectivity index (χ1) is 9.45. The Hall–Kier alpha value is -1.79. The highest BCUT2D eigenvalue weighted by Gasteiger charge is 2.45. The van der Waals surface area contributed by atoms with Crippen molar-refractivity contribution >= 4 is 5.91 Å². The van der Waals surface area contributed by atoms with Crippen LogP contribution in [0.2, 0.25) is 0 Å². The number of hydrogen-bond donors (Lipinski definition) is 2. The maximum atomic E-state index is 12.2. The zero-order valence-electron chi connectivity index (χ0n) is 12.3. The normalized spacial score (nSPS) is 18.9. The van der Waals surface area contributed by atoms with E-state index >= 15 is 0 Å². The molecule has 0 aliphatic heterocycles. The highest BCUT2D eigenvalue weighted by molar-refractivity contribution is 5.96. The van der Waals surface area contributed by atoms with Crippen LogP contribution in [0.15, 0.2) is 18.2 Å². The Morgan fingerprint density at radius 1 is 1.50 bits per heavy atom. The number of amides is 1. The van der Waals surface area contributed by atoms with Crippen molar-refractivity contribution in [3.8, 4) is 11.8 Å². The Morgan fingerprint density at radius 2 is 2.20 bits per heavy atom. The molecular formula is C17H21NO2. The Labute approximate surface area is 120 Å². The van der Waals surface area contributed by atoms with Gasteiger partial charge in [-0.15, -0.1) is 0 Å². The highest BCUT2D eigenvalue weighted by Crippen LogP contribution is 2.50. The fraction of sp³-hybridized carbons (Fsp3) is 0.471. The number of aliphatic hydroxyl groups excluding tert-OH is 1. The van der Waals surface area contributed by atoms with Gasteiger partial charge in [0, 0.05) is 17.7 Å². The molecule has 1 aromatic rings. The van der Waals surface area contributed by atoms with Gasteiger partial charge in [0.1, 0.15) is 6.61 Å². The zero-order chi connectivity index (χ0) is 14.8. The number of carbonyl (C=O) groups is 1. The van der Waals surface area contributed by atoms with Crippen molar-refractivity contribution in [2.24, 2.45) is 11.3 Å². The van der Waals surface area contributed by atoms with Gasteiger partial charge < -0.3 is 10.4 Å². The molecule has 1 saturated carbocycles. The molecule has 1 atom stereocenters. The number of rotatable bonds is 3. The number of benzene rings is 1. The smallest absolute Gasteiger partial charge is 0.251 e. The molecule has 2 N–H and O–H groups in total. The molecule has 3 heteroatoms. The number of hydrogen-bond acceptors (Lipinski definition) is 2. The monoisotopic (exact) mass is 271 g/mol. The molecule has 0 spiro atoms. The summed E-state index contributed by atoms with van der Waals surface area (Å²) in [5.74, 6) is 6.03. The van der Waals surface area contributed by atoms with Crippen LogP contribution in [-0.4, -0.2) is 24.2 Å². The van der Waals surface area contributed by atoms with E-state index < -0.39 is 0 Å². The summed E-state index contributed by atoms with van der Waals surface area (Å²) in [7, 11) is 0. The van der Waals surface area contributed by atoms with E-state index in [1.807, 2.05) is 25.1 Å². The van der Waals surface area contributed by atoms with Crippen LogP contribution in [0, 0.1) is 30.1 Å². The van der Waals surface area contributed by atoms with Gasteiger partial charge in [-0.05, 0) is 42.4 Å². The summed E-state index contributed by atoms with van der Waals surface area (Å²) in [6, 6.07) is 5.50. The molecule has 1 fully saturated rings. The van der Waals surface area contributed by atoms with Crippen molar-refractivity contribution in [3.05, 3.63) is 34.9 Å². The summed E-state index contributed by atoms with van der Waals surface area (Å²) in [6.07, 6.45) is 1.17. The molecular weight excluding hydrogens is 250 g/mol. The molecule has 1 aromatic carbocycles. The molecule has 0 saturated heterocycles. The summed E-state index contributed by atoms with van der Waals surface area (Å²) in [5, 5.41) is 11.7. The average molecular weight is 271 g/mol. The largest absolute Gasteiger partial charge is 0.384 e. The molecule has 1 aliphatic carbocycles. The summed E-state index contributed by atoms with van der Waals surface area (Å²) in [6.45, 7) is 6.89. The lowest BCUT2D eigenvalue weighted by Crippen LogP contribution is -2.27. The van der Waals surface area contributed by atoms with E-state index in [0.717, 1.165) is 17.7 Å². The first-order valence-electron chi connectivity index (χ1n) is 6.93. The Balaban J connectivity index is 2.06. The van der Waals surface area contributed by atoms with Crippen molar-refractivity contribution in [1.82, 2.24) is 5.32 Å². The maximum Gasteiger partial charge on any atom is 0.251 e. The quantitative estimate of drug-likeness (QED) is 0.827. The Kier molecular flexibility index (Phi) is 4.15. The molecule has 1 aliphatic rings. The van der Waals surface area contributed by atoms with Crippen molar-refractivity contribution in [3.63, 3.8) is 0 Å². The van der Waals surface area contributed by atoms with Crippen LogP contribution in [0.4, 0.5) is 0 Å². The van der Waals surface area contributed by atoms with Crippen LogP contribution in [0.25, 0.3) is 0 Å². The number of nitrogens with one attached hydrogen (secondary N) is 1. The van der Waals surface area contributed by atoms with E-state index in [4.69, 9.17) is 5.11 Å². The summed E-state index contributed by atoms with van der Waals surface area (Å²) in [5.41, 5.74) is 2.68. The predicted molar refractivity (Wildman–Crippen MR) is 79.4 cm³/mol. The predicted octanol–water partition coefficient (Wildman–Crippen LogP) is 2.11. The minimum Gasteiger partial charge on any atom is -0.384 e. The van der Waals surface area contributed by atoms with E-state index in [9.17, 15) is 4.79 Å². The third-order valence-electron chi connectivity index (χ3n) is 4.11. The summed E-state index contributed by atoms with van der Waals surface area (Å²) in [4.78, 5) is 12.2. The molecule has 1 unspecified atom stereocenters. The van der Waals surface area contributed by atoms with Gasteiger partial charge in [0.15, 0.2) is 0 Å². The van der Waals surface area contributed by atoms with Crippen LogP contribution >= 0.6 is 0 Å².